The van der Waals surface area contributed by atoms with E-state index >= 15 is 0 Å². The van der Waals surface area contributed by atoms with Crippen molar-refractivity contribution >= 4 is 17.6 Å². The molecule has 16 heavy (non-hydrogen) atoms. The summed E-state index contributed by atoms with van der Waals surface area (Å²) in [5.41, 5.74) is 0. The molecule has 0 aromatic rings. The predicted octanol–water partition coefficient (Wildman–Crippen LogP) is 2.80. The van der Waals surface area contributed by atoms with Crippen LogP contribution in [0, 0.1) is 0 Å². The van der Waals surface area contributed by atoms with Crippen LogP contribution in [0.2, 0.25) is 0 Å². The summed E-state index contributed by atoms with van der Waals surface area (Å²) in [6, 6.07) is 0. The van der Waals surface area contributed by atoms with E-state index in [1.54, 1.807) is 0 Å². The third kappa shape index (κ3) is 17.5. The Morgan fingerprint density at radius 2 is 1.12 bits per heavy atom. The fraction of sp³-hybridized carbons (Fsp3) is 0.929. The van der Waals surface area contributed by atoms with Gasteiger partial charge < -0.3 is 1.43 Å². The molecule has 0 radical (unpaired) electrons. The molecule has 0 saturated heterocycles. The maximum Gasteiger partial charge on any atom is 1.00 e. The van der Waals surface area contributed by atoms with Gasteiger partial charge in [-0.1, -0.05) is 83.3 Å². The molecule has 0 aliphatic heterocycles. The minimum Gasteiger partial charge on any atom is -1.00 e. The Morgan fingerprint density at radius 1 is 0.750 bits per heavy atom. The molecular formula is C14H29NaS. The molecule has 0 heterocycles. The molecule has 2 heteroatoms. The van der Waals surface area contributed by atoms with Gasteiger partial charge in [0.05, 0.1) is 0 Å². The van der Waals surface area contributed by atoms with Crippen LogP contribution >= 0.6 is 12.2 Å². The van der Waals surface area contributed by atoms with Gasteiger partial charge in [0.15, 0.2) is 0 Å². The van der Waals surface area contributed by atoms with Gasteiger partial charge in [-0.3, -0.25) is 0 Å². The van der Waals surface area contributed by atoms with E-state index in [0.29, 0.717) is 0 Å². The summed E-state index contributed by atoms with van der Waals surface area (Å²) < 4.78 is 0. The Bertz CT molecular complexity index is 131. The van der Waals surface area contributed by atoms with Gasteiger partial charge in [0.25, 0.3) is 0 Å². The zero-order valence-corrected chi connectivity index (χ0v) is 14.3. The van der Waals surface area contributed by atoms with Crippen molar-refractivity contribution in [2.75, 3.05) is 0 Å². The molecule has 0 amide bonds. The van der Waals surface area contributed by atoms with E-state index in [1.165, 1.54) is 70.6 Å². The fourth-order valence-electron chi connectivity index (χ4n) is 1.89. The SMILES string of the molecule is CCCCCCCCCCCCCC=S.[H-].[Na+]. The average molecular weight is 252 g/mol. The van der Waals surface area contributed by atoms with Crippen molar-refractivity contribution in [3.05, 3.63) is 0 Å². The molecule has 0 aromatic carbocycles. The van der Waals surface area contributed by atoms with Crippen LogP contribution in [0.1, 0.15) is 85.4 Å². The largest absolute Gasteiger partial charge is 1.00 e. The zero-order chi connectivity index (χ0) is 11.2. The minimum atomic E-state index is 0. The van der Waals surface area contributed by atoms with E-state index in [2.05, 4.69) is 6.92 Å². The van der Waals surface area contributed by atoms with E-state index in [9.17, 15) is 0 Å². The first-order valence-corrected chi connectivity index (χ1v) is 7.32. The molecule has 0 fully saturated rings. The van der Waals surface area contributed by atoms with Gasteiger partial charge in [0.2, 0.25) is 0 Å². The standard InChI is InChI=1S/C14H28S.Na.H/c1-2-3-4-5-6-7-8-9-10-11-12-13-14-15;;/h14H,2-13H2,1H3;;/q;+1;-1. The molecule has 0 nitrogen and oxygen atoms in total. The Hall–Kier alpha value is 1.09. The molecule has 0 unspecified atom stereocenters. The Balaban J connectivity index is -0.000000980. The van der Waals surface area contributed by atoms with Gasteiger partial charge in [0.1, 0.15) is 0 Å². The number of hydrogen-bond acceptors (Lipinski definition) is 1. The summed E-state index contributed by atoms with van der Waals surface area (Å²) in [6.07, 6.45) is 16.7. The quantitative estimate of drug-likeness (QED) is 0.292. The third-order valence-corrected chi connectivity index (χ3v) is 3.16. The van der Waals surface area contributed by atoms with Crippen LogP contribution in [0.5, 0.6) is 0 Å². The van der Waals surface area contributed by atoms with Gasteiger partial charge in [-0.15, -0.1) is 0 Å². The van der Waals surface area contributed by atoms with Crippen molar-refractivity contribution < 1.29 is 31.0 Å². The first kappa shape index (κ1) is 19.4. The Labute approximate surface area is 132 Å². The maximum atomic E-state index is 4.80. The molecule has 92 valence electrons. The smallest absolute Gasteiger partial charge is 1.00 e. The molecular weight excluding hydrogens is 223 g/mol. The van der Waals surface area contributed by atoms with Crippen LogP contribution in [0.15, 0.2) is 0 Å². The first-order valence-electron chi connectivity index (χ1n) is 6.85. The fourth-order valence-corrected chi connectivity index (χ4v) is 2.06. The van der Waals surface area contributed by atoms with Crippen LogP contribution < -0.4 is 29.6 Å². The summed E-state index contributed by atoms with van der Waals surface area (Å²) >= 11 is 4.80. The number of thiocarbonyl (C=S) groups is 1. The second-order valence-electron chi connectivity index (χ2n) is 4.49. The van der Waals surface area contributed by atoms with Crippen molar-refractivity contribution in [2.24, 2.45) is 0 Å². The monoisotopic (exact) mass is 252 g/mol. The van der Waals surface area contributed by atoms with Crippen molar-refractivity contribution in [1.29, 1.82) is 0 Å². The molecule has 0 bridgehead atoms. The second-order valence-corrected chi connectivity index (χ2v) is 4.82. The summed E-state index contributed by atoms with van der Waals surface area (Å²) in [5.74, 6) is 0. The molecule has 0 spiro atoms. The molecule has 0 aliphatic rings. The topological polar surface area (TPSA) is 0 Å². The van der Waals surface area contributed by atoms with Crippen molar-refractivity contribution in [3.63, 3.8) is 0 Å². The van der Waals surface area contributed by atoms with E-state index in [4.69, 9.17) is 12.2 Å². The van der Waals surface area contributed by atoms with Crippen molar-refractivity contribution in [3.8, 4) is 0 Å². The summed E-state index contributed by atoms with van der Waals surface area (Å²) in [5, 5.41) is 1.87. The average Bonchev–Trinajstić information content (AvgIpc) is 2.26. The van der Waals surface area contributed by atoms with E-state index in [1.807, 2.05) is 5.37 Å². The minimum absolute atomic E-state index is 0. The summed E-state index contributed by atoms with van der Waals surface area (Å²) in [4.78, 5) is 0. The number of unbranched alkanes of at least 4 members (excludes halogenated alkanes) is 11. The number of rotatable bonds is 12. The van der Waals surface area contributed by atoms with E-state index < -0.39 is 0 Å². The second kappa shape index (κ2) is 18.5. The Kier molecular flexibility index (Phi) is 22.4. The first-order chi connectivity index (χ1) is 7.41. The number of hydrogen-bond donors (Lipinski definition) is 0. The molecule has 0 N–H and O–H groups in total. The summed E-state index contributed by atoms with van der Waals surface area (Å²) in [7, 11) is 0. The Morgan fingerprint density at radius 3 is 1.50 bits per heavy atom. The van der Waals surface area contributed by atoms with Crippen LogP contribution in [0.4, 0.5) is 0 Å². The van der Waals surface area contributed by atoms with Gasteiger partial charge in [-0.05, 0) is 18.2 Å². The van der Waals surface area contributed by atoms with Gasteiger partial charge >= 0.3 is 29.6 Å². The van der Waals surface area contributed by atoms with Crippen LogP contribution in [-0.4, -0.2) is 5.37 Å². The van der Waals surface area contributed by atoms with E-state index in [0.717, 1.165) is 6.42 Å². The maximum absolute atomic E-state index is 4.80. The molecule has 0 aromatic heterocycles. The van der Waals surface area contributed by atoms with Crippen LogP contribution in [-0.2, 0) is 0 Å². The third-order valence-electron chi connectivity index (χ3n) is 2.93. The zero-order valence-electron chi connectivity index (χ0n) is 12.5. The van der Waals surface area contributed by atoms with Crippen molar-refractivity contribution in [2.45, 2.75) is 84.0 Å². The predicted molar refractivity (Wildman–Crippen MR) is 75.8 cm³/mol. The van der Waals surface area contributed by atoms with Gasteiger partial charge in [-0.25, -0.2) is 0 Å². The molecule has 0 atom stereocenters. The van der Waals surface area contributed by atoms with Gasteiger partial charge in [-0.2, -0.15) is 0 Å². The summed E-state index contributed by atoms with van der Waals surface area (Å²) in [6.45, 7) is 2.28. The normalized spacial score (nSPS) is 9.81. The molecule has 0 saturated carbocycles. The van der Waals surface area contributed by atoms with Crippen LogP contribution in [0.25, 0.3) is 0 Å². The van der Waals surface area contributed by atoms with Crippen LogP contribution in [0.3, 0.4) is 0 Å². The van der Waals surface area contributed by atoms with E-state index in [-0.39, 0.29) is 31.0 Å². The van der Waals surface area contributed by atoms with Crippen molar-refractivity contribution in [1.82, 2.24) is 0 Å². The van der Waals surface area contributed by atoms with Gasteiger partial charge in [0, 0.05) is 0 Å². The molecule has 0 rings (SSSR count). The molecule has 0 aliphatic carbocycles.